The smallest absolute Gasteiger partial charge is 0.337 e. The van der Waals surface area contributed by atoms with Crippen LogP contribution < -0.4 is 9.47 Å². The molecule has 0 atom stereocenters. The first kappa shape index (κ1) is 56.2. The monoisotopic (exact) mass is 767 g/mol. The number of benzene rings is 2. The van der Waals surface area contributed by atoms with E-state index >= 15 is 0 Å². The molecule has 0 amide bonds. The summed E-state index contributed by atoms with van der Waals surface area (Å²) < 4.78 is 19.4. The van der Waals surface area contributed by atoms with Gasteiger partial charge in [-0.3, -0.25) is 0 Å². The number of esters is 1. The molecule has 10 nitrogen and oxygen atoms in total. The minimum absolute atomic E-state index is 0. The van der Waals surface area contributed by atoms with Crippen LogP contribution >= 0.6 is 12.4 Å². The Balaban J connectivity index is 0.000000774. The highest BCUT2D eigenvalue weighted by molar-refractivity contribution is 8.05. The van der Waals surface area contributed by atoms with Crippen LogP contribution in [0.5, 0.6) is 11.5 Å². The first-order chi connectivity index (χ1) is 27.2. The number of carboxylic acid groups (broad SMARTS) is 1. The van der Waals surface area contributed by atoms with E-state index in [1.54, 1.807) is 48.8 Å². The molecule has 2 aromatic heterocycles. The zero-order valence-corrected chi connectivity index (χ0v) is 34.1. The number of hydrogen-bond donors (Lipinski definition) is 1. The van der Waals surface area contributed by atoms with Crippen molar-refractivity contribution in [3.63, 3.8) is 0 Å². The molecular formula is C25H27B23ClN4O6. The lowest BCUT2D eigenvalue weighted by Gasteiger charge is -2.29. The van der Waals surface area contributed by atoms with Crippen LogP contribution in [0.2, 0.25) is 0 Å². The quantitative estimate of drug-likeness (QED) is 0.0894. The highest BCUT2D eigenvalue weighted by Crippen LogP contribution is 2.16. The van der Waals surface area contributed by atoms with E-state index in [-0.39, 0.29) is 30.3 Å². The van der Waals surface area contributed by atoms with Gasteiger partial charge in [0.15, 0.2) is 0 Å². The number of carboxylic acids is 1. The number of methoxy groups -OCH3 is 1. The Morgan fingerprint density at radius 3 is 1.37 bits per heavy atom. The number of aromatic nitrogens is 4. The molecule has 0 aliphatic heterocycles. The van der Waals surface area contributed by atoms with E-state index in [1.807, 2.05) is 35.6 Å². The Morgan fingerprint density at radius 1 is 0.678 bits per heavy atom. The zero-order valence-electron chi connectivity index (χ0n) is 33.3. The van der Waals surface area contributed by atoms with Crippen LogP contribution in [0.4, 0.5) is 0 Å². The van der Waals surface area contributed by atoms with Crippen LogP contribution in [0.1, 0.15) is 32.4 Å². The molecule has 1 N–H and O–H groups in total. The molecule has 0 saturated carbocycles. The minimum Gasteiger partial charge on any atom is -0.486 e. The number of carbonyl (C=O) groups excluding carboxylic acids is 1. The molecule has 59 heavy (non-hydrogen) atoms. The highest BCUT2D eigenvalue weighted by atomic mass is 35.5. The van der Waals surface area contributed by atoms with Gasteiger partial charge in [0, 0.05) is 204 Å². The molecule has 0 bridgehead atoms. The second kappa shape index (κ2) is 29.4. The Bertz CT molecular complexity index is 1780. The average molecular weight is 764 g/mol. The molecule has 2 aromatic carbocycles. The third-order valence-corrected chi connectivity index (χ3v) is 8.25. The van der Waals surface area contributed by atoms with Crippen LogP contribution in [-0.4, -0.2) is 208 Å². The fourth-order valence-electron chi connectivity index (χ4n) is 4.84. The Hall–Kier alpha value is -2.82. The third kappa shape index (κ3) is 20.5. The van der Waals surface area contributed by atoms with Gasteiger partial charge in [-0.25, -0.2) is 19.6 Å². The van der Waals surface area contributed by atoms with Crippen LogP contribution in [0.25, 0.3) is 0 Å². The summed E-state index contributed by atoms with van der Waals surface area (Å²) >= 11 is 0. The van der Waals surface area contributed by atoms with Gasteiger partial charge in [0.1, 0.15) is 36.4 Å². The number of carbonyl (C=O) groups is 2. The van der Waals surface area contributed by atoms with Crippen molar-refractivity contribution in [2.24, 2.45) is 14.1 Å². The molecule has 4 rings (SSSR count). The molecule has 0 unspecified atom stereocenters. The van der Waals surface area contributed by atoms with Gasteiger partial charge in [0.05, 0.1) is 18.2 Å². The topological polar surface area (TPSA) is 118 Å². The Labute approximate surface area is 377 Å². The molecule has 0 spiro atoms. The van der Waals surface area contributed by atoms with Crippen LogP contribution in [0.15, 0.2) is 73.3 Å². The van der Waals surface area contributed by atoms with E-state index in [1.165, 1.54) is 26.3 Å². The standard InChI is InChI=1S/C13H14N2O3.C12H12N2O3.B12.B11.ClH/c1-15-7-6-14-12(15)9-18-11-5-3-4-10(8-11)13(16)17-2;1-14-6-5-13-11(14)8-17-10-4-2-3-9(7-10)12(15)16;1-8(2)11(7)12(9(3)4)10(5)6;1-7-10(6)11(8(2)3)9(4)5;/h3-8H,9H2,1-2H3;2-7H,8H2,1H3,(H,15,16);;;1H. The van der Waals surface area contributed by atoms with E-state index in [4.69, 9.17) is 115 Å². The van der Waals surface area contributed by atoms with E-state index in [0.717, 1.165) is 11.6 Å². The number of ether oxygens (including phenoxy) is 3. The maximum atomic E-state index is 11.4. The van der Waals surface area contributed by atoms with Gasteiger partial charge < -0.3 is 28.5 Å². The lowest BCUT2D eigenvalue weighted by Crippen LogP contribution is -2.67. The second-order valence-corrected chi connectivity index (χ2v) is 12.7. The number of imidazole rings is 2. The van der Waals surface area contributed by atoms with Crippen molar-refractivity contribution in [2.45, 2.75) is 13.2 Å². The van der Waals surface area contributed by atoms with Crippen molar-refractivity contribution >= 4 is 189 Å². The molecule has 259 valence electrons. The summed E-state index contributed by atoms with van der Waals surface area (Å²) in [5.74, 6) is 1.39. The maximum Gasteiger partial charge on any atom is 0.337 e. The number of nitrogens with zero attached hydrogens (tertiary/aromatic N) is 4. The van der Waals surface area contributed by atoms with Crippen molar-refractivity contribution in [1.29, 1.82) is 0 Å². The van der Waals surface area contributed by atoms with Gasteiger partial charge in [-0.05, 0) is 36.4 Å². The predicted octanol–water partition coefficient (Wildman–Crippen LogP) is -4.85. The molecule has 34 heteroatoms. The third-order valence-electron chi connectivity index (χ3n) is 8.25. The number of halogens is 1. The summed E-state index contributed by atoms with van der Waals surface area (Å²) in [6.45, 7) is 0.667. The van der Waals surface area contributed by atoms with E-state index in [9.17, 15) is 9.59 Å². The van der Waals surface area contributed by atoms with E-state index < -0.39 is 57.1 Å². The number of hydrogen-bond acceptors (Lipinski definition) is 7. The van der Waals surface area contributed by atoms with Crippen LogP contribution in [0, 0.1) is 0 Å². The largest absolute Gasteiger partial charge is 0.486 e. The molecule has 0 saturated heterocycles. The van der Waals surface area contributed by atoms with Crippen molar-refractivity contribution in [1.82, 2.24) is 19.1 Å². The van der Waals surface area contributed by atoms with Gasteiger partial charge in [0.25, 0.3) is 0 Å². The summed E-state index contributed by atoms with van der Waals surface area (Å²) in [5.41, 5.74) is 0.678. The van der Waals surface area contributed by atoms with Gasteiger partial charge in [-0.1, -0.05) is 12.1 Å². The first-order valence-corrected chi connectivity index (χ1v) is 17.6. The molecule has 4 aromatic rings. The summed E-state index contributed by atoms with van der Waals surface area (Å²) in [4.78, 5) is 30.4. The number of aryl methyl sites for hydroxylation is 2. The van der Waals surface area contributed by atoms with Gasteiger partial charge in [0.2, 0.25) is 0 Å². The van der Waals surface area contributed by atoms with Gasteiger partial charge in [-0.15, -0.1) is 12.4 Å². The molecule has 27 radical (unpaired) electrons. The van der Waals surface area contributed by atoms with Crippen LogP contribution in [-0.2, 0) is 32.0 Å². The first-order valence-electron chi connectivity index (χ1n) is 17.6. The van der Waals surface area contributed by atoms with Crippen LogP contribution in [0.3, 0.4) is 0 Å². The summed E-state index contributed by atoms with van der Waals surface area (Å²) in [7, 11) is 76.5. The summed E-state index contributed by atoms with van der Waals surface area (Å²) in [6, 6.07) is 13.2. The van der Waals surface area contributed by atoms with Crippen molar-refractivity contribution in [2.75, 3.05) is 7.11 Å². The summed E-state index contributed by atoms with van der Waals surface area (Å²) in [5, 5.41) is 8.83. The number of rotatable bonds is 16. The van der Waals surface area contributed by atoms with Crippen molar-refractivity contribution in [3.05, 3.63) is 96.1 Å². The normalized spacial score (nSPS) is 9.34. The fraction of sp³-hybridized carbons (Fsp3) is 0.200. The molecule has 2 heterocycles. The van der Waals surface area contributed by atoms with E-state index in [0.29, 0.717) is 30.3 Å². The second-order valence-electron chi connectivity index (χ2n) is 12.7. The Morgan fingerprint density at radius 2 is 1.08 bits per heavy atom. The minimum atomic E-state index is -0.965. The highest BCUT2D eigenvalue weighted by Gasteiger charge is 2.30. The fourth-order valence-corrected chi connectivity index (χ4v) is 4.84. The molecule has 0 aliphatic rings. The maximum absolute atomic E-state index is 11.4. The van der Waals surface area contributed by atoms with Gasteiger partial charge in [-0.2, -0.15) is 0 Å². The lowest BCUT2D eigenvalue weighted by molar-refractivity contribution is 0.0599. The predicted molar refractivity (Wildman–Crippen MR) is 266 cm³/mol. The van der Waals surface area contributed by atoms with Crippen molar-refractivity contribution < 1.29 is 28.9 Å². The average Bonchev–Trinajstić information content (AvgIpc) is 3.79. The summed E-state index contributed by atoms with van der Waals surface area (Å²) in [6.07, 6.45) is 1.70. The van der Waals surface area contributed by atoms with E-state index in [2.05, 4.69) is 14.7 Å². The SMILES string of the molecule is COC(=O)c1cccc(OCc2nccn2C)c1.Cl.Cn1ccnc1COc1cccc(C(=O)O)c1.[B]B([B])B([B])B(B([B])[B])B([B])[B].[B][B]B([B])B(B([B])[B])B([B])[B]. The lowest BCUT2D eigenvalue weighted by atomic mass is 8.53. The molecular weight excluding hydrogens is 736 g/mol. The molecule has 0 fully saturated rings. The molecule has 0 aliphatic carbocycles. The van der Waals surface area contributed by atoms with Crippen molar-refractivity contribution in [3.8, 4) is 11.5 Å². The van der Waals surface area contributed by atoms with Gasteiger partial charge >= 0.3 is 11.9 Å². The number of aromatic carboxylic acids is 1. The zero-order chi connectivity index (χ0) is 44.1. The Kier molecular flexibility index (Phi) is 28.0.